The second-order valence-corrected chi connectivity index (χ2v) is 8.02. The van der Waals surface area contributed by atoms with E-state index in [1.165, 1.54) is 16.7 Å². The number of anilines is 1. The summed E-state index contributed by atoms with van der Waals surface area (Å²) in [5, 5.41) is 0.0235. The molecule has 1 unspecified atom stereocenters. The summed E-state index contributed by atoms with van der Waals surface area (Å²) in [4.78, 5) is 5.09. The van der Waals surface area contributed by atoms with Crippen LogP contribution in [0.15, 0.2) is 52.5 Å². The minimum absolute atomic E-state index is 0.00319. The number of nitrogens with two attached hydrogens (primary N) is 1. The van der Waals surface area contributed by atoms with Crippen LogP contribution in [0.4, 0.5) is 5.69 Å². The van der Waals surface area contributed by atoms with Gasteiger partial charge in [-0.05, 0) is 30.2 Å². The Balaban J connectivity index is 1.81. The van der Waals surface area contributed by atoms with Gasteiger partial charge in [0.05, 0.1) is 11.4 Å². The number of sulfone groups is 1. The molecule has 0 amide bonds. The Morgan fingerprint density at radius 2 is 2.05 bits per heavy atom. The molecule has 1 aromatic heterocycles. The van der Waals surface area contributed by atoms with Crippen LogP contribution in [0.25, 0.3) is 0 Å². The summed E-state index contributed by atoms with van der Waals surface area (Å²) >= 11 is 1.62. The monoisotopic (exact) mass is 306 g/mol. The summed E-state index contributed by atoms with van der Waals surface area (Å²) < 4.78 is 24.8. The molecule has 0 aliphatic carbocycles. The van der Waals surface area contributed by atoms with Crippen LogP contribution in [0.2, 0.25) is 0 Å². The van der Waals surface area contributed by atoms with E-state index in [0.29, 0.717) is 0 Å². The van der Waals surface area contributed by atoms with Crippen LogP contribution in [0, 0.1) is 0 Å². The van der Waals surface area contributed by atoms with Crippen molar-refractivity contribution >= 4 is 27.3 Å². The molecule has 2 N–H and O–H groups in total. The van der Waals surface area contributed by atoms with E-state index in [0.717, 1.165) is 6.42 Å². The third-order valence-electron chi connectivity index (χ3n) is 3.21. The highest BCUT2D eigenvalue weighted by molar-refractivity contribution is 8.01. The topological polar surface area (TPSA) is 73.0 Å². The number of hydrogen-bond donors (Lipinski definition) is 1. The zero-order valence-electron chi connectivity index (χ0n) is 10.7. The van der Waals surface area contributed by atoms with E-state index < -0.39 is 9.84 Å². The van der Waals surface area contributed by atoms with Crippen LogP contribution in [-0.2, 0) is 16.3 Å². The van der Waals surface area contributed by atoms with Crippen LogP contribution in [-0.4, -0.2) is 24.4 Å². The lowest BCUT2D eigenvalue weighted by atomic mass is 10.1. The highest BCUT2D eigenvalue weighted by Crippen LogP contribution is 2.38. The Kier molecular flexibility index (Phi) is 3.43. The summed E-state index contributed by atoms with van der Waals surface area (Å²) in [7, 11) is -3.45. The van der Waals surface area contributed by atoms with E-state index in [2.05, 4.69) is 4.98 Å². The normalized spacial score (nSPS) is 17.9. The van der Waals surface area contributed by atoms with Crippen LogP contribution < -0.4 is 5.73 Å². The first kappa shape index (κ1) is 13.5. The molecule has 0 saturated heterocycles. The number of benzene rings is 1. The molecule has 2 heterocycles. The molecule has 1 aromatic carbocycles. The first-order chi connectivity index (χ1) is 9.56. The fourth-order valence-corrected chi connectivity index (χ4v) is 5.64. The molecule has 1 atom stereocenters. The van der Waals surface area contributed by atoms with E-state index >= 15 is 0 Å². The third-order valence-corrected chi connectivity index (χ3v) is 6.52. The van der Waals surface area contributed by atoms with Gasteiger partial charge in [0.1, 0.15) is 0 Å². The summed E-state index contributed by atoms with van der Waals surface area (Å²) in [5.74, 6) is 0.0631. The molecule has 3 rings (SSSR count). The van der Waals surface area contributed by atoms with Gasteiger partial charge in [-0.25, -0.2) is 13.4 Å². The number of nitrogens with zero attached hydrogens (tertiary/aromatic N) is 1. The van der Waals surface area contributed by atoms with Crippen molar-refractivity contribution in [1.29, 1.82) is 0 Å². The smallest absolute Gasteiger partial charge is 0.198 e. The molecule has 1 aliphatic heterocycles. The molecular weight excluding hydrogens is 292 g/mol. The first-order valence-electron chi connectivity index (χ1n) is 6.24. The number of pyridine rings is 1. The van der Waals surface area contributed by atoms with Gasteiger partial charge >= 0.3 is 0 Å². The molecule has 0 saturated carbocycles. The van der Waals surface area contributed by atoms with E-state index in [9.17, 15) is 8.42 Å². The van der Waals surface area contributed by atoms with Crippen molar-refractivity contribution in [2.24, 2.45) is 0 Å². The Bertz CT molecular complexity index is 719. The lowest BCUT2D eigenvalue weighted by molar-refractivity contribution is 0.591. The van der Waals surface area contributed by atoms with E-state index in [1.807, 2.05) is 24.3 Å². The number of fused-ring (bicyclic) bond motifs is 1. The number of aromatic nitrogens is 1. The molecule has 0 bridgehead atoms. The molecule has 0 fully saturated rings. The van der Waals surface area contributed by atoms with Gasteiger partial charge < -0.3 is 5.73 Å². The molecule has 0 radical (unpaired) electrons. The number of hydrogen-bond acceptors (Lipinski definition) is 5. The van der Waals surface area contributed by atoms with Crippen molar-refractivity contribution in [1.82, 2.24) is 4.98 Å². The van der Waals surface area contributed by atoms with Crippen LogP contribution in [0.3, 0.4) is 0 Å². The highest BCUT2D eigenvalue weighted by atomic mass is 32.2. The lowest BCUT2D eigenvalue weighted by Gasteiger charge is -2.10. The summed E-state index contributed by atoms with van der Waals surface area (Å²) in [6.07, 6.45) is 2.23. The van der Waals surface area contributed by atoms with E-state index in [1.54, 1.807) is 23.9 Å². The maximum absolute atomic E-state index is 12.4. The third kappa shape index (κ3) is 2.53. The number of nitrogen functional groups attached to an aromatic ring is 1. The maximum Gasteiger partial charge on any atom is 0.198 e. The molecule has 6 heteroatoms. The van der Waals surface area contributed by atoms with Crippen molar-refractivity contribution < 1.29 is 8.42 Å². The van der Waals surface area contributed by atoms with Gasteiger partial charge in [0.25, 0.3) is 0 Å². The Morgan fingerprint density at radius 1 is 1.25 bits per heavy atom. The molecular formula is C14H14N2O2S2. The number of thioether (sulfide) groups is 1. The van der Waals surface area contributed by atoms with Gasteiger partial charge in [-0.1, -0.05) is 18.2 Å². The van der Waals surface area contributed by atoms with Gasteiger partial charge in [-0.2, -0.15) is 0 Å². The summed E-state index contributed by atoms with van der Waals surface area (Å²) in [5.41, 5.74) is 7.15. The largest absolute Gasteiger partial charge is 0.396 e. The zero-order valence-corrected chi connectivity index (χ0v) is 12.3. The first-order valence-corrected chi connectivity index (χ1v) is 8.77. The van der Waals surface area contributed by atoms with Crippen LogP contribution in [0.5, 0.6) is 0 Å². The Hall–Kier alpha value is -1.53. The molecule has 20 heavy (non-hydrogen) atoms. The van der Waals surface area contributed by atoms with Crippen LogP contribution >= 0.6 is 11.8 Å². The maximum atomic E-state index is 12.4. The quantitative estimate of drug-likeness (QED) is 0.940. The Labute approximate surface area is 122 Å². The van der Waals surface area contributed by atoms with E-state index in [4.69, 9.17) is 5.73 Å². The predicted molar refractivity (Wildman–Crippen MR) is 80.5 cm³/mol. The Morgan fingerprint density at radius 3 is 2.80 bits per heavy atom. The van der Waals surface area contributed by atoms with Gasteiger partial charge in [0.15, 0.2) is 14.9 Å². The van der Waals surface area contributed by atoms with Gasteiger partial charge in [0.2, 0.25) is 0 Å². The second kappa shape index (κ2) is 5.10. The van der Waals surface area contributed by atoms with Gasteiger partial charge in [0, 0.05) is 16.3 Å². The highest BCUT2D eigenvalue weighted by Gasteiger charge is 2.29. The van der Waals surface area contributed by atoms with Crippen molar-refractivity contribution in [3.05, 3.63) is 48.2 Å². The minimum Gasteiger partial charge on any atom is -0.396 e. The fraction of sp³-hybridized carbons (Fsp3) is 0.214. The molecule has 0 spiro atoms. The van der Waals surface area contributed by atoms with E-state index in [-0.39, 0.29) is 21.7 Å². The number of rotatable bonds is 3. The predicted octanol–water partition coefficient (Wildman–Crippen LogP) is 2.15. The zero-order chi connectivity index (χ0) is 14.2. The van der Waals surface area contributed by atoms with Crippen molar-refractivity contribution in [3.8, 4) is 0 Å². The van der Waals surface area contributed by atoms with Gasteiger partial charge in [-0.3, -0.25) is 0 Å². The lowest BCUT2D eigenvalue weighted by Crippen LogP contribution is -2.20. The molecule has 1 aliphatic rings. The van der Waals surface area contributed by atoms with Crippen molar-refractivity contribution in [3.63, 3.8) is 0 Å². The molecule has 2 aromatic rings. The summed E-state index contributed by atoms with van der Waals surface area (Å²) in [6, 6.07) is 11.2. The molecule has 104 valence electrons. The fourth-order valence-electron chi connectivity index (χ4n) is 2.33. The van der Waals surface area contributed by atoms with Crippen LogP contribution in [0.1, 0.15) is 5.56 Å². The van der Waals surface area contributed by atoms with Crippen molar-refractivity contribution in [2.45, 2.75) is 21.6 Å². The average Bonchev–Trinajstić information content (AvgIpc) is 2.80. The SMILES string of the molecule is Nc1cccnc1S(=O)(=O)CC1Cc2ccccc2S1. The molecule has 4 nitrogen and oxygen atoms in total. The van der Waals surface area contributed by atoms with Crippen molar-refractivity contribution in [2.75, 3.05) is 11.5 Å². The summed E-state index contributed by atoms with van der Waals surface area (Å²) in [6.45, 7) is 0. The second-order valence-electron chi connectivity index (χ2n) is 4.73. The standard InChI is InChI=1S/C14H14N2O2S2/c15-12-5-3-7-16-14(12)20(17,18)9-11-8-10-4-1-2-6-13(10)19-11/h1-7,11H,8-9,15H2. The minimum atomic E-state index is -3.45. The average molecular weight is 306 g/mol. The van der Waals surface area contributed by atoms with Gasteiger partial charge in [-0.15, -0.1) is 11.8 Å².